The summed E-state index contributed by atoms with van der Waals surface area (Å²) in [4.78, 5) is 36.3. The van der Waals surface area contributed by atoms with E-state index in [0.717, 1.165) is 38.9 Å². The number of rotatable bonds is 16. The predicted molar refractivity (Wildman–Crippen MR) is 109 cm³/mol. The van der Waals surface area contributed by atoms with Crippen molar-refractivity contribution in [3.05, 3.63) is 0 Å². The highest BCUT2D eigenvalue weighted by molar-refractivity contribution is 5.70. The van der Waals surface area contributed by atoms with Gasteiger partial charge in [-0.15, -0.1) is 0 Å². The second-order valence-electron chi connectivity index (χ2n) is 8.77. The summed E-state index contributed by atoms with van der Waals surface area (Å²) in [6.07, 6.45) is 3.86. The van der Waals surface area contributed by atoms with Gasteiger partial charge in [0.05, 0.1) is 5.41 Å². The van der Waals surface area contributed by atoms with Gasteiger partial charge in [-0.25, -0.2) is 0 Å². The number of carbonyl (C=O) groups excluding carboxylic acids is 3. The molecule has 170 valence electrons. The molecule has 3 heterocycles. The van der Waals surface area contributed by atoms with Crippen molar-refractivity contribution in [2.75, 3.05) is 39.5 Å². The van der Waals surface area contributed by atoms with E-state index < -0.39 is 5.41 Å². The molecule has 3 unspecified atom stereocenters. The summed E-state index contributed by atoms with van der Waals surface area (Å²) in [5, 5.41) is 9.47. The van der Waals surface area contributed by atoms with Crippen molar-refractivity contribution in [1.29, 1.82) is 0 Å². The molecule has 0 amide bonds. The molecular weight excluding hydrogens is 390 g/mol. The average molecular weight is 426 g/mol. The van der Waals surface area contributed by atoms with Crippen molar-refractivity contribution in [3.8, 4) is 0 Å². The van der Waals surface area contributed by atoms with Crippen LogP contribution in [-0.2, 0) is 28.6 Å². The molecule has 0 aliphatic carbocycles. The zero-order valence-corrected chi connectivity index (χ0v) is 17.9. The van der Waals surface area contributed by atoms with E-state index >= 15 is 0 Å². The van der Waals surface area contributed by atoms with Crippen LogP contribution in [0.1, 0.15) is 51.9 Å². The van der Waals surface area contributed by atoms with Crippen molar-refractivity contribution < 1.29 is 28.6 Å². The van der Waals surface area contributed by atoms with Gasteiger partial charge in [-0.2, -0.15) is 0 Å². The molecule has 3 rings (SSSR count). The van der Waals surface area contributed by atoms with Crippen LogP contribution in [0.5, 0.6) is 0 Å². The maximum Gasteiger partial charge on any atom is 0.305 e. The van der Waals surface area contributed by atoms with E-state index in [9.17, 15) is 14.4 Å². The Balaban J connectivity index is 1.45. The highest BCUT2D eigenvalue weighted by Crippen LogP contribution is 2.25. The Labute approximate surface area is 177 Å². The molecule has 3 fully saturated rings. The molecule has 3 atom stereocenters. The van der Waals surface area contributed by atoms with Gasteiger partial charge in [-0.05, 0) is 25.7 Å². The lowest BCUT2D eigenvalue weighted by molar-refractivity contribution is -0.162. The monoisotopic (exact) mass is 425 g/mol. The second kappa shape index (κ2) is 11.1. The molecule has 0 aromatic rings. The fourth-order valence-electron chi connectivity index (χ4n) is 3.09. The maximum absolute atomic E-state index is 12.1. The van der Waals surface area contributed by atoms with Crippen LogP contribution < -0.4 is 16.0 Å². The number of carbonyl (C=O) groups is 3. The minimum atomic E-state index is -0.728. The van der Waals surface area contributed by atoms with E-state index in [1.54, 1.807) is 0 Å². The lowest BCUT2D eigenvalue weighted by Gasteiger charge is -2.31. The lowest BCUT2D eigenvalue weighted by Crippen LogP contribution is -2.39. The van der Waals surface area contributed by atoms with E-state index in [2.05, 4.69) is 16.0 Å². The molecule has 0 saturated carbocycles. The van der Waals surface area contributed by atoms with Gasteiger partial charge in [-0.3, -0.25) is 14.4 Å². The number of esters is 3. The van der Waals surface area contributed by atoms with Gasteiger partial charge in [0, 0.05) is 57.0 Å². The molecule has 3 aliphatic heterocycles. The van der Waals surface area contributed by atoms with Crippen molar-refractivity contribution >= 4 is 17.9 Å². The van der Waals surface area contributed by atoms with Gasteiger partial charge < -0.3 is 30.2 Å². The maximum atomic E-state index is 12.1. The third kappa shape index (κ3) is 8.97. The number of hydrogen-bond donors (Lipinski definition) is 3. The first-order valence-electron chi connectivity index (χ1n) is 11.1. The van der Waals surface area contributed by atoms with E-state index in [-0.39, 0.29) is 37.7 Å². The van der Waals surface area contributed by atoms with Crippen LogP contribution in [-0.4, -0.2) is 75.5 Å². The minimum Gasteiger partial charge on any atom is -0.465 e. The van der Waals surface area contributed by atoms with E-state index in [4.69, 9.17) is 14.2 Å². The summed E-state index contributed by atoms with van der Waals surface area (Å²) < 4.78 is 16.5. The van der Waals surface area contributed by atoms with Crippen molar-refractivity contribution in [2.45, 2.75) is 70.0 Å². The van der Waals surface area contributed by atoms with Crippen molar-refractivity contribution in [1.82, 2.24) is 16.0 Å². The molecule has 9 nitrogen and oxygen atoms in total. The summed E-state index contributed by atoms with van der Waals surface area (Å²) in [6.45, 7) is 4.96. The largest absolute Gasteiger partial charge is 0.465 e. The molecule has 0 aromatic heterocycles. The zero-order chi connectivity index (χ0) is 21.4. The van der Waals surface area contributed by atoms with Crippen LogP contribution in [0.15, 0.2) is 0 Å². The Kier molecular flexibility index (Phi) is 8.47. The molecule has 0 spiro atoms. The van der Waals surface area contributed by atoms with Crippen LogP contribution in [0.25, 0.3) is 0 Å². The second-order valence-corrected chi connectivity index (χ2v) is 8.77. The third-order valence-electron chi connectivity index (χ3n) is 5.94. The number of hydrogen-bond acceptors (Lipinski definition) is 9. The first-order valence-corrected chi connectivity index (χ1v) is 11.1. The highest BCUT2D eigenvalue weighted by Gasteiger charge is 2.35. The first-order chi connectivity index (χ1) is 14.5. The van der Waals surface area contributed by atoms with Crippen LogP contribution in [0, 0.1) is 5.41 Å². The van der Waals surface area contributed by atoms with Gasteiger partial charge in [-0.1, -0.05) is 6.92 Å². The summed E-state index contributed by atoms with van der Waals surface area (Å²) in [6, 6.07) is 1.24. The number of nitrogens with one attached hydrogen (secondary N) is 3. The summed E-state index contributed by atoms with van der Waals surface area (Å²) in [5.41, 5.74) is -0.728. The molecule has 3 saturated heterocycles. The van der Waals surface area contributed by atoms with Crippen LogP contribution in [0.3, 0.4) is 0 Å². The predicted octanol–water partition coefficient (Wildman–Crippen LogP) is 0.268. The molecular formula is C21H35N3O6. The number of ether oxygens (including phenoxy) is 3. The summed E-state index contributed by atoms with van der Waals surface area (Å²) in [5.74, 6) is -0.837. The standard InChI is InChI=1S/C21H35N3O6/c1-2-21(12-28-18(25)6-3-15-9-22-15,13-29-19(26)7-4-16-10-23-16)14-30-20(27)8-5-17-11-24-17/h15-17,22-24H,2-14H2,1H3. The first kappa shape index (κ1) is 23.0. The Morgan fingerprint density at radius 3 is 1.23 bits per heavy atom. The Morgan fingerprint density at radius 1 is 0.700 bits per heavy atom. The molecule has 0 radical (unpaired) electrons. The van der Waals surface area contributed by atoms with E-state index in [1.165, 1.54) is 0 Å². The highest BCUT2D eigenvalue weighted by atomic mass is 16.6. The zero-order valence-electron chi connectivity index (χ0n) is 17.9. The summed E-state index contributed by atoms with van der Waals surface area (Å²) in [7, 11) is 0. The minimum absolute atomic E-state index is 0.0648. The van der Waals surface area contributed by atoms with Gasteiger partial charge in [0.2, 0.25) is 0 Å². The Morgan fingerprint density at radius 2 is 1.00 bits per heavy atom. The quantitative estimate of drug-likeness (QED) is 0.180. The normalized spacial score (nSPS) is 25.7. The van der Waals surface area contributed by atoms with E-state index in [0.29, 0.717) is 43.8 Å². The molecule has 0 aromatic carbocycles. The topological polar surface area (TPSA) is 145 Å². The lowest BCUT2D eigenvalue weighted by atomic mass is 9.88. The van der Waals surface area contributed by atoms with Gasteiger partial charge in [0.15, 0.2) is 0 Å². The van der Waals surface area contributed by atoms with Crippen molar-refractivity contribution in [3.63, 3.8) is 0 Å². The smallest absolute Gasteiger partial charge is 0.305 e. The van der Waals surface area contributed by atoms with Gasteiger partial charge in [0.1, 0.15) is 19.8 Å². The van der Waals surface area contributed by atoms with Gasteiger partial charge in [0.25, 0.3) is 0 Å². The van der Waals surface area contributed by atoms with E-state index in [1.807, 2.05) is 6.92 Å². The third-order valence-corrected chi connectivity index (χ3v) is 5.94. The molecule has 9 heteroatoms. The molecule has 0 bridgehead atoms. The van der Waals surface area contributed by atoms with Crippen LogP contribution in [0.4, 0.5) is 0 Å². The Hall–Kier alpha value is -1.71. The molecule has 3 aliphatic rings. The van der Waals surface area contributed by atoms with Crippen molar-refractivity contribution in [2.24, 2.45) is 5.41 Å². The molecule has 30 heavy (non-hydrogen) atoms. The summed E-state index contributed by atoms with van der Waals surface area (Å²) >= 11 is 0. The SMILES string of the molecule is CCC(COC(=O)CCC1CN1)(COC(=O)CCC1CN1)COC(=O)CCC1CN1. The average Bonchev–Trinajstić information content (AvgIpc) is 3.58. The fraction of sp³-hybridized carbons (Fsp3) is 0.857. The fourth-order valence-corrected chi connectivity index (χ4v) is 3.09. The Bertz CT molecular complexity index is 523. The van der Waals surface area contributed by atoms with Crippen LogP contribution in [0.2, 0.25) is 0 Å². The molecule has 3 N–H and O–H groups in total. The van der Waals surface area contributed by atoms with Gasteiger partial charge >= 0.3 is 17.9 Å². The van der Waals surface area contributed by atoms with Crippen LogP contribution >= 0.6 is 0 Å².